The van der Waals surface area contributed by atoms with E-state index in [4.69, 9.17) is 0 Å². The van der Waals surface area contributed by atoms with Crippen LogP contribution in [0.3, 0.4) is 0 Å². The molecule has 0 aliphatic carbocycles. The van der Waals surface area contributed by atoms with Crippen LogP contribution in [0, 0.1) is 6.92 Å². The second-order valence-corrected chi connectivity index (χ2v) is 6.52. The Balaban J connectivity index is 2.80. The van der Waals surface area contributed by atoms with Crippen LogP contribution in [-0.2, 0) is 16.4 Å². The van der Waals surface area contributed by atoms with Gasteiger partial charge in [-0.3, -0.25) is 0 Å². The summed E-state index contributed by atoms with van der Waals surface area (Å²) in [6, 6.07) is 0. The minimum Gasteiger partial charge on any atom is -0.370 e. The van der Waals surface area contributed by atoms with Crippen LogP contribution >= 0.6 is 0 Å². The summed E-state index contributed by atoms with van der Waals surface area (Å²) < 4.78 is 25.7. The number of nitrogens with one attached hydrogen (secondary N) is 3. The topological polar surface area (TPSA) is 96.0 Å². The molecule has 7 nitrogen and oxygen atoms in total. The highest BCUT2D eigenvalue weighted by molar-refractivity contribution is 7.89. The number of hydrogen-bond donors (Lipinski definition) is 3. The highest BCUT2D eigenvalue weighted by Gasteiger charge is 2.12. The van der Waals surface area contributed by atoms with Crippen LogP contribution in [0.25, 0.3) is 0 Å². The summed E-state index contributed by atoms with van der Waals surface area (Å²) >= 11 is 0. The van der Waals surface area contributed by atoms with Crippen molar-refractivity contribution in [2.75, 3.05) is 36.0 Å². The Bertz CT molecular complexity index is 560. The first-order chi connectivity index (χ1) is 9.93. The molecule has 0 saturated carbocycles. The van der Waals surface area contributed by atoms with Crippen molar-refractivity contribution in [2.45, 2.75) is 34.1 Å². The van der Waals surface area contributed by atoms with E-state index < -0.39 is 10.0 Å². The Morgan fingerprint density at radius 2 is 1.62 bits per heavy atom. The largest absolute Gasteiger partial charge is 0.370 e. The molecule has 0 aliphatic heterocycles. The molecule has 1 aromatic heterocycles. The first-order valence-corrected chi connectivity index (χ1v) is 8.91. The maximum atomic E-state index is 11.6. The van der Waals surface area contributed by atoms with Gasteiger partial charge in [-0.15, -0.1) is 0 Å². The number of rotatable bonds is 9. The Hall–Kier alpha value is -1.41. The number of aromatic nitrogens is 2. The first-order valence-electron chi connectivity index (χ1n) is 7.26. The second-order valence-electron chi connectivity index (χ2n) is 4.59. The van der Waals surface area contributed by atoms with E-state index in [1.807, 2.05) is 20.8 Å². The third-order valence-electron chi connectivity index (χ3n) is 2.88. The smallest absolute Gasteiger partial charge is 0.213 e. The van der Waals surface area contributed by atoms with Gasteiger partial charge in [-0.25, -0.2) is 23.1 Å². The molecule has 0 fully saturated rings. The lowest BCUT2D eigenvalue weighted by atomic mass is 10.3. The Labute approximate surface area is 127 Å². The minimum atomic E-state index is -3.22. The average Bonchev–Trinajstić information content (AvgIpc) is 2.42. The molecule has 0 radical (unpaired) electrons. The molecule has 0 saturated heterocycles. The highest BCUT2D eigenvalue weighted by Crippen LogP contribution is 2.19. The van der Waals surface area contributed by atoms with E-state index in [9.17, 15) is 8.42 Å². The normalized spacial score (nSPS) is 11.4. The van der Waals surface area contributed by atoms with Crippen LogP contribution in [0.15, 0.2) is 0 Å². The Morgan fingerprint density at radius 1 is 1.00 bits per heavy atom. The van der Waals surface area contributed by atoms with Crippen molar-refractivity contribution >= 4 is 21.7 Å². The van der Waals surface area contributed by atoms with Crippen molar-refractivity contribution in [3.63, 3.8) is 0 Å². The maximum absolute atomic E-state index is 11.6. The Kier molecular flexibility index (Phi) is 6.83. The molecule has 0 aliphatic rings. The predicted molar refractivity (Wildman–Crippen MR) is 86.3 cm³/mol. The summed E-state index contributed by atoms with van der Waals surface area (Å²) in [5.74, 6) is 2.22. The molecule has 8 heteroatoms. The van der Waals surface area contributed by atoms with Gasteiger partial charge < -0.3 is 10.6 Å². The molecular formula is C13H25N5O2S. The molecule has 0 bridgehead atoms. The number of anilines is 2. The van der Waals surface area contributed by atoms with E-state index in [1.165, 1.54) is 0 Å². The molecule has 0 spiro atoms. The number of nitrogens with zero attached hydrogens (tertiary/aromatic N) is 2. The van der Waals surface area contributed by atoms with E-state index in [-0.39, 0.29) is 5.75 Å². The van der Waals surface area contributed by atoms with Crippen molar-refractivity contribution in [1.29, 1.82) is 0 Å². The lowest BCUT2D eigenvalue weighted by Crippen LogP contribution is -2.29. The van der Waals surface area contributed by atoms with Gasteiger partial charge in [-0.1, -0.05) is 13.8 Å². The average molecular weight is 315 g/mol. The van der Waals surface area contributed by atoms with Crippen molar-refractivity contribution in [2.24, 2.45) is 0 Å². The lowest BCUT2D eigenvalue weighted by molar-refractivity contribution is 0.584. The van der Waals surface area contributed by atoms with Crippen LogP contribution in [0.2, 0.25) is 0 Å². The summed E-state index contributed by atoms with van der Waals surface area (Å²) in [6.45, 7) is 9.15. The molecule has 0 unspecified atom stereocenters. The third kappa shape index (κ3) is 5.47. The monoisotopic (exact) mass is 315 g/mol. The summed E-state index contributed by atoms with van der Waals surface area (Å²) in [5, 5.41) is 6.29. The second kappa shape index (κ2) is 8.14. The summed E-state index contributed by atoms with van der Waals surface area (Å²) in [7, 11) is -3.22. The summed E-state index contributed by atoms with van der Waals surface area (Å²) in [4.78, 5) is 8.86. The van der Waals surface area contributed by atoms with Crippen LogP contribution in [0.4, 0.5) is 11.6 Å². The standard InChI is InChI=1S/C13H25N5O2S/c1-5-11-17-12(14-6-2)10(4)13(18-11)15-8-9-21(19,20)16-7-3/h16H,5-9H2,1-4H3,(H2,14,15,17,18). The van der Waals surface area contributed by atoms with Gasteiger partial charge in [0.25, 0.3) is 0 Å². The Morgan fingerprint density at radius 3 is 2.14 bits per heavy atom. The van der Waals surface area contributed by atoms with Gasteiger partial charge in [0, 0.05) is 31.6 Å². The maximum Gasteiger partial charge on any atom is 0.213 e. The van der Waals surface area contributed by atoms with Gasteiger partial charge in [-0.05, 0) is 13.8 Å². The molecule has 1 aromatic rings. The molecule has 120 valence electrons. The van der Waals surface area contributed by atoms with Crippen LogP contribution in [-0.4, -0.2) is 43.8 Å². The zero-order valence-corrected chi connectivity index (χ0v) is 14.0. The first kappa shape index (κ1) is 17.6. The quantitative estimate of drug-likeness (QED) is 0.632. The SMILES string of the molecule is CCNc1nc(CC)nc(NCCS(=O)(=O)NCC)c1C. The number of hydrogen-bond acceptors (Lipinski definition) is 6. The fourth-order valence-electron chi connectivity index (χ4n) is 1.83. The van der Waals surface area contributed by atoms with Crippen LogP contribution in [0.5, 0.6) is 0 Å². The van der Waals surface area contributed by atoms with E-state index >= 15 is 0 Å². The number of aryl methyl sites for hydroxylation is 1. The van der Waals surface area contributed by atoms with Gasteiger partial charge in [0.2, 0.25) is 10.0 Å². The lowest BCUT2D eigenvalue weighted by Gasteiger charge is -2.14. The fraction of sp³-hybridized carbons (Fsp3) is 0.692. The van der Waals surface area contributed by atoms with Gasteiger partial charge in [0.1, 0.15) is 17.5 Å². The molecule has 1 heterocycles. The van der Waals surface area contributed by atoms with Gasteiger partial charge >= 0.3 is 0 Å². The van der Waals surface area contributed by atoms with Crippen molar-refractivity contribution in [3.05, 3.63) is 11.4 Å². The third-order valence-corrected chi connectivity index (χ3v) is 4.35. The highest BCUT2D eigenvalue weighted by atomic mass is 32.2. The van der Waals surface area contributed by atoms with Crippen molar-refractivity contribution in [3.8, 4) is 0 Å². The minimum absolute atomic E-state index is 0.0162. The number of sulfonamides is 1. The molecule has 21 heavy (non-hydrogen) atoms. The fourth-order valence-corrected chi connectivity index (χ4v) is 2.78. The van der Waals surface area contributed by atoms with E-state index in [2.05, 4.69) is 25.3 Å². The molecule has 0 aromatic carbocycles. The molecule has 0 atom stereocenters. The summed E-state index contributed by atoms with van der Waals surface area (Å²) in [5.41, 5.74) is 0.898. The predicted octanol–water partition coefficient (Wildman–Crippen LogP) is 1.13. The molecule has 0 amide bonds. The molecule has 1 rings (SSSR count). The van der Waals surface area contributed by atoms with E-state index in [0.29, 0.717) is 18.9 Å². The molecule has 3 N–H and O–H groups in total. The van der Waals surface area contributed by atoms with Crippen molar-refractivity contribution < 1.29 is 8.42 Å². The van der Waals surface area contributed by atoms with Crippen LogP contribution in [0.1, 0.15) is 32.2 Å². The van der Waals surface area contributed by atoms with Gasteiger partial charge in [-0.2, -0.15) is 0 Å². The van der Waals surface area contributed by atoms with Gasteiger partial charge in [0.05, 0.1) is 5.75 Å². The van der Waals surface area contributed by atoms with Crippen LogP contribution < -0.4 is 15.4 Å². The summed E-state index contributed by atoms with van der Waals surface area (Å²) in [6.07, 6.45) is 0.725. The van der Waals surface area contributed by atoms with Gasteiger partial charge in [0.15, 0.2) is 0 Å². The van der Waals surface area contributed by atoms with E-state index in [1.54, 1.807) is 6.92 Å². The zero-order valence-electron chi connectivity index (χ0n) is 13.2. The van der Waals surface area contributed by atoms with Crippen molar-refractivity contribution in [1.82, 2.24) is 14.7 Å². The zero-order chi connectivity index (χ0) is 15.9. The molecular weight excluding hydrogens is 290 g/mol. The van der Waals surface area contributed by atoms with E-state index in [0.717, 1.165) is 30.2 Å².